The number of Topliss-reactive ketones (excluding diaryl/α,β-unsaturated/α-hetero) is 1. The van der Waals surface area contributed by atoms with Crippen LogP contribution >= 0.6 is 0 Å². The highest BCUT2D eigenvalue weighted by Gasteiger charge is 2.24. The highest BCUT2D eigenvalue weighted by molar-refractivity contribution is 6.09. The molecule has 1 aliphatic heterocycles. The Balaban J connectivity index is 1.62. The van der Waals surface area contributed by atoms with Gasteiger partial charge in [0, 0.05) is 44.1 Å². The molecule has 0 saturated heterocycles. The number of phenolic OH excluding ortho intramolecular Hbond substituents is 1. The Kier molecular flexibility index (Phi) is 7.09. The highest BCUT2D eigenvalue weighted by atomic mass is 19.1. The number of aromatic hydroxyl groups is 1. The normalized spacial score (nSPS) is 12.7. The second-order valence-electron chi connectivity index (χ2n) is 8.49. The number of hydrogen-bond acceptors (Lipinski definition) is 7. The van der Waals surface area contributed by atoms with Crippen LogP contribution < -0.4 is 10.6 Å². The van der Waals surface area contributed by atoms with Gasteiger partial charge in [0.25, 0.3) is 0 Å². The molecule has 2 aromatic carbocycles. The number of aliphatic hydroxyl groups excluding tert-OH is 1. The molecule has 0 fully saturated rings. The molecule has 4 N–H and O–H groups in total. The number of halogens is 1. The van der Waals surface area contributed by atoms with E-state index in [-0.39, 0.29) is 30.2 Å². The summed E-state index contributed by atoms with van der Waals surface area (Å²) in [6, 6.07) is 10.2. The average molecular weight is 465 g/mol. The Morgan fingerprint density at radius 1 is 1.21 bits per heavy atom. The van der Waals surface area contributed by atoms with Gasteiger partial charge in [0.1, 0.15) is 17.4 Å². The minimum absolute atomic E-state index is 0.0338. The Labute approximate surface area is 198 Å². The van der Waals surface area contributed by atoms with Crippen LogP contribution in [0.1, 0.15) is 40.4 Å². The van der Waals surface area contributed by atoms with Crippen molar-refractivity contribution in [2.75, 3.05) is 30.3 Å². The fourth-order valence-corrected chi connectivity index (χ4v) is 4.15. The van der Waals surface area contributed by atoms with Gasteiger partial charge in [-0.2, -0.15) is 0 Å². The third-order valence-corrected chi connectivity index (χ3v) is 6.04. The fourth-order valence-electron chi connectivity index (χ4n) is 4.15. The van der Waals surface area contributed by atoms with Crippen molar-refractivity contribution in [2.45, 2.75) is 33.2 Å². The minimum atomic E-state index is -0.524. The van der Waals surface area contributed by atoms with Gasteiger partial charge in [0.05, 0.1) is 16.9 Å². The molecule has 0 bridgehead atoms. The number of rotatable bonds is 8. The number of phenols is 1. The van der Waals surface area contributed by atoms with E-state index in [4.69, 9.17) is 5.11 Å². The molecule has 0 aliphatic carbocycles. The third-order valence-electron chi connectivity index (χ3n) is 6.04. The van der Waals surface area contributed by atoms with E-state index in [1.165, 1.54) is 12.1 Å². The summed E-state index contributed by atoms with van der Waals surface area (Å²) in [6.07, 6.45) is 2.44. The van der Waals surface area contributed by atoms with Crippen molar-refractivity contribution in [1.29, 1.82) is 0 Å². The number of carbonyl (C=O) groups is 1. The van der Waals surface area contributed by atoms with Crippen molar-refractivity contribution in [3.63, 3.8) is 0 Å². The van der Waals surface area contributed by atoms with Gasteiger partial charge >= 0.3 is 0 Å². The summed E-state index contributed by atoms with van der Waals surface area (Å²) in [4.78, 5) is 19.9. The predicted molar refractivity (Wildman–Crippen MR) is 131 cm³/mol. The largest absolute Gasteiger partial charge is 0.508 e. The van der Waals surface area contributed by atoms with Gasteiger partial charge in [-0.25, -0.2) is 9.37 Å². The molecule has 0 spiro atoms. The van der Waals surface area contributed by atoms with E-state index in [2.05, 4.69) is 27.4 Å². The van der Waals surface area contributed by atoms with E-state index >= 15 is 0 Å². The molecule has 0 saturated carbocycles. The molecule has 3 aromatic rings. The number of nitrogens with one attached hydrogen (secondary N) is 2. The maximum absolute atomic E-state index is 14.5. The van der Waals surface area contributed by atoms with Crippen LogP contribution in [0.25, 0.3) is 0 Å². The van der Waals surface area contributed by atoms with Crippen LogP contribution in [0, 0.1) is 12.7 Å². The van der Waals surface area contributed by atoms with Crippen LogP contribution in [0.3, 0.4) is 0 Å². The number of hydrogen-bond donors (Lipinski definition) is 4. The second kappa shape index (κ2) is 10.2. The molecule has 1 aromatic heterocycles. The van der Waals surface area contributed by atoms with Crippen LogP contribution in [0.4, 0.5) is 27.3 Å². The van der Waals surface area contributed by atoms with E-state index in [1.54, 1.807) is 19.2 Å². The SMILES string of the molecule is CCN(CCCO)Cc1ccc2c(c1)CC(=O)c1c(Nc3cc(O)c(C)cc3F)ccnc1N2. The highest BCUT2D eigenvalue weighted by Crippen LogP contribution is 2.35. The lowest BCUT2D eigenvalue weighted by molar-refractivity contribution is 0.0995. The van der Waals surface area contributed by atoms with Crippen LogP contribution in [0.2, 0.25) is 0 Å². The number of carbonyl (C=O) groups excluding carboxylic acids is 1. The summed E-state index contributed by atoms with van der Waals surface area (Å²) in [5.41, 5.74) is 4.02. The van der Waals surface area contributed by atoms with E-state index < -0.39 is 5.82 Å². The van der Waals surface area contributed by atoms with Crippen LogP contribution in [-0.4, -0.2) is 45.6 Å². The third kappa shape index (κ3) is 5.03. The smallest absolute Gasteiger partial charge is 0.173 e. The molecule has 7 nitrogen and oxygen atoms in total. The molecule has 0 unspecified atom stereocenters. The topological polar surface area (TPSA) is 97.7 Å². The lowest BCUT2D eigenvalue weighted by Crippen LogP contribution is -2.24. The van der Waals surface area contributed by atoms with Gasteiger partial charge in [-0.15, -0.1) is 0 Å². The summed E-state index contributed by atoms with van der Waals surface area (Å²) < 4.78 is 14.5. The Bertz CT molecular complexity index is 1210. The standard InChI is InChI=1S/C26H29FN4O3/c1-3-31(9-4-10-32)15-17-5-6-20-18(12-17)13-24(34)25-21(7-8-28-26(25)30-20)29-22-14-23(33)16(2)11-19(22)27/h5-8,11-12,14,32-33H,3-4,9-10,13,15H2,1-2H3,(H2,28,29,30). The number of aromatic nitrogens is 1. The summed E-state index contributed by atoms with van der Waals surface area (Å²) in [5.74, 6) is -0.298. The van der Waals surface area contributed by atoms with E-state index in [0.29, 0.717) is 22.6 Å². The first-order valence-electron chi connectivity index (χ1n) is 11.4. The van der Waals surface area contributed by atoms with Gasteiger partial charge in [0.15, 0.2) is 5.78 Å². The summed E-state index contributed by atoms with van der Waals surface area (Å²) in [6.45, 7) is 6.25. The molecule has 4 rings (SSSR count). The maximum atomic E-state index is 14.5. The molecule has 0 atom stereocenters. The van der Waals surface area contributed by atoms with Crippen molar-refractivity contribution in [3.05, 3.63) is 70.7 Å². The van der Waals surface area contributed by atoms with Crippen LogP contribution in [0.5, 0.6) is 5.75 Å². The molecule has 2 heterocycles. The van der Waals surface area contributed by atoms with Crippen molar-refractivity contribution in [2.24, 2.45) is 0 Å². The number of benzene rings is 2. The lowest BCUT2D eigenvalue weighted by Gasteiger charge is -2.20. The quantitative estimate of drug-likeness (QED) is 0.385. The number of nitrogens with zero attached hydrogens (tertiary/aromatic N) is 2. The second-order valence-corrected chi connectivity index (χ2v) is 8.49. The fraction of sp³-hybridized carbons (Fsp3) is 0.308. The van der Waals surface area contributed by atoms with E-state index in [0.717, 1.165) is 42.9 Å². The zero-order valence-electron chi connectivity index (χ0n) is 19.4. The Hall–Kier alpha value is -3.49. The molecular formula is C26H29FN4O3. The number of ketones is 1. The molecule has 8 heteroatoms. The Morgan fingerprint density at radius 3 is 2.79 bits per heavy atom. The van der Waals surface area contributed by atoms with Gasteiger partial charge in [-0.3, -0.25) is 9.69 Å². The molecular weight excluding hydrogens is 435 g/mol. The molecule has 0 radical (unpaired) electrons. The van der Waals surface area contributed by atoms with E-state index in [9.17, 15) is 14.3 Å². The summed E-state index contributed by atoms with van der Waals surface area (Å²) in [5, 5.41) is 25.3. The van der Waals surface area contributed by atoms with Crippen molar-refractivity contribution in [3.8, 4) is 5.75 Å². The van der Waals surface area contributed by atoms with Gasteiger partial charge < -0.3 is 20.8 Å². The monoisotopic (exact) mass is 464 g/mol. The number of pyridine rings is 1. The van der Waals surface area contributed by atoms with Gasteiger partial charge in [-0.1, -0.05) is 19.1 Å². The first-order chi connectivity index (χ1) is 16.4. The minimum Gasteiger partial charge on any atom is -0.508 e. The molecule has 0 amide bonds. The summed E-state index contributed by atoms with van der Waals surface area (Å²) >= 11 is 0. The van der Waals surface area contributed by atoms with Crippen LogP contribution in [0.15, 0.2) is 42.6 Å². The number of aryl methyl sites for hydroxylation is 1. The molecule has 178 valence electrons. The number of fused-ring (bicyclic) bond motifs is 2. The molecule has 34 heavy (non-hydrogen) atoms. The van der Waals surface area contributed by atoms with Crippen molar-refractivity contribution < 1.29 is 19.4 Å². The van der Waals surface area contributed by atoms with Gasteiger partial charge in [0.2, 0.25) is 0 Å². The first-order valence-corrected chi connectivity index (χ1v) is 11.4. The predicted octanol–water partition coefficient (Wildman–Crippen LogP) is 4.67. The first kappa shape index (κ1) is 23.7. The Morgan fingerprint density at radius 2 is 2.03 bits per heavy atom. The lowest BCUT2D eigenvalue weighted by atomic mass is 10.0. The molecule has 1 aliphatic rings. The number of anilines is 4. The number of aliphatic hydroxyl groups is 1. The zero-order chi connectivity index (χ0) is 24.2. The average Bonchev–Trinajstić information content (AvgIpc) is 2.95. The zero-order valence-corrected chi connectivity index (χ0v) is 19.4. The summed E-state index contributed by atoms with van der Waals surface area (Å²) in [7, 11) is 0. The van der Waals surface area contributed by atoms with E-state index in [1.807, 2.05) is 18.2 Å². The van der Waals surface area contributed by atoms with Crippen molar-refractivity contribution >= 4 is 28.7 Å². The van der Waals surface area contributed by atoms with Crippen LogP contribution in [-0.2, 0) is 13.0 Å². The maximum Gasteiger partial charge on any atom is 0.173 e. The van der Waals surface area contributed by atoms with Gasteiger partial charge in [-0.05, 0) is 54.8 Å². The van der Waals surface area contributed by atoms with Crippen molar-refractivity contribution in [1.82, 2.24) is 9.88 Å².